The number of benzene rings is 4. The number of hydrogen-bond donors (Lipinski definition) is 0. The van der Waals surface area contributed by atoms with E-state index in [1.165, 1.54) is 22.3 Å². The Hall–Kier alpha value is -2.08. The van der Waals surface area contributed by atoms with E-state index in [-0.39, 0.29) is 55.8 Å². The fourth-order valence-electron chi connectivity index (χ4n) is 3.56. The van der Waals surface area contributed by atoms with Gasteiger partial charge in [0.2, 0.25) is 0 Å². The van der Waals surface area contributed by atoms with Crippen molar-refractivity contribution in [2.45, 2.75) is 77.0 Å². The normalized spacial score (nSPS) is 11.0. The first kappa shape index (κ1) is 42.1. The van der Waals surface area contributed by atoms with E-state index in [1.807, 2.05) is 72.8 Å². The van der Waals surface area contributed by atoms with Gasteiger partial charge in [0.15, 0.2) is 0 Å². The second kappa shape index (κ2) is 19.2. The Labute approximate surface area is 281 Å². The van der Waals surface area contributed by atoms with Crippen molar-refractivity contribution in [3.63, 3.8) is 0 Å². The van der Waals surface area contributed by atoms with Gasteiger partial charge in [-0.15, -0.1) is 21.7 Å². The van der Waals surface area contributed by atoms with Crippen LogP contribution in [0.15, 0.2) is 121 Å². The molecular formula is C40H52Mn2. The predicted molar refractivity (Wildman–Crippen MR) is 179 cm³/mol. The fourth-order valence-corrected chi connectivity index (χ4v) is 3.56. The van der Waals surface area contributed by atoms with E-state index < -0.39 is 0 Å². The Bertz CT molecular complexity index is 974. The molecule has 0 aromatic heterocycles. The van der Waals surface area contributed by atoms with Gasteiger partial charge in [0.05, 0.1) is 0 Å². The molecule has 0 amide bonds. The zero-order valence-corrected chi connectivity index (χ0v) is 29.5. The number of rotatable bonds is 4. The SMILES string of the molecule is [CH2-]C(C)(C)c1ccccc1.[CH2-]C(C)(C)c1ccccc1.[CH2-]C(C)(C)c1ccccc1.[CH2-]C(C)(C)c1ccccc1.[Mn+2].[Mn+2]. The molecule has 0 bridgehead atoms. The second-order valence-corrected chi connectivity index (χ2v) is 13.0. The van der Waals surface area contributed by atoms with Crippen molar-refractivity contribution in [2.75, 3.05) is 0 Å². The van der Waals surface area contributed by atoms with Crippen LogP contribution in [0, 0.1) is 27.7 Å². The molecule has 0 aliphatic heterocycles. The van der Waals surface area contributed by atoms with E-state index in [0.29, 0.717) is 0 Å². The first-order chi connectivity index (χ1) is 18.4. The molecule has 0 aliphatic rings. The monoisotopic (exact) mass is 642 g/mol. The Morgan fingerprint density at radius 1 is 0.286 bits per heavy atom. The van der Waals surface area contributed by atoms with Gasteiger partial charge in [-0.1, -0.05) is 199 Å². The van der Waals surface area contributed by atoms with Crippen molar-refractivity contribution in [3.05, 3.63) is 171 Å². The Kier molecular flexibility index (Phi) is 19.3. The molecule has 0 unspecified atom stereocenters. The van der Waals surface area contributed by atoms with E-state index >= 15 is 0 Å². The maximum Gasteiger partial charge on any atom is 2.00 e. The van der Waals surface area contributed by atoms with Crippen molar-refractivity contribution < 1.29 is 34.1 Å². The fraction of sp³-hybridized carbons (Fsp3) is 0.300. The van der Waals surface area contributed by atoms with Crippen molar-refractivity contribution in [3.8, 4) is 0 Å². The molecule has 0 heterocycles. The summed E-state index contributed by atoms with van der Waals surface area (Å²) in [7, 11) is 0. The molecule has 226 valence electrons. The maximum absolute atomic E-state index is 4.04. The summed E-state index contributed by atoms with van der Waals surface area (Å²) in [6, 6.07) is 41.3. The van der Waals surface area contributed by atoms with Crippen LogP contribution in [0.5, 0.6) is 0 Å². The van der Waals surface area contributed by atoms with Gasteiger partial charge in [0, 0.05) is 0 Å². The number of hydrogen-bond acceptors (Lipinski definition) is 0. The third kappa shape index (κ3) is 17.8. The van der Waals surface area contributed by atoms with Crippen LogP contribution in [0.1, 0.15) is 77.6 Å². The average molecular weight is 643 g/mol. The van der Waals surface area contributed by atoms with Crippen LogP contribution in [0.2, 0.25) is 0 Å². The van der Waals surface area contributed by atoms with E-state index in [1.54, 1.807) is 0 Å². The molecule has 42 heavy (non-hydrogen) atoms. The van der Waals surface area contributed by atoms with Crippen molar-refractivity contribution >= 4 is 0 Å². The van der Waals surface area contributed by atoms with E-state index in [9.17, 15) is 0 Å². The van der Waals surface area contributed by atoms with Crippen LogP contribution in [-0.2, 0) is 55.8 Å². The van der Waals surface area contributed by atoms with Gasteiger partial charge in [0.1, 0.15) is 0 Å². The molecule has 0 aliphatic carbocycles. The zero-order chi connectivity index (χ0) is 30.5. The third-order valence-electron chi connectivity index (χ3n) is 6.22. The van der Waals surface area contributed by atoms with Gasteiger partial charge in [-0.2, -0.15) is 0 Å². The van der Waals surface area contributed by atoms with Gasteiger partial charge in [0.25, 0.3) is 0 Å². The van der Waals surface area contributed by atoms with Crippen LogP contribution in [-0.4, -0.2) is 0 Å². The van der Waals surface area contributed by atoms with Crippen LogP contribution in [0.3, 0.4) is 0 Å². The van der Waals surface area contributed by atoms with Crippen LogP contribution < -0.4 is 0 Å². The van der Waals surface area contributed by atoms with Crippen molar-refractivity contribution in [1.82, 2.24) is 0 Å². The summed E-state index contributed by atoms with van der Waals surface area (Å²) in [6.07, 6.45) is 0. The molecular weight excluding hydrogens is 590 g/mol. The van der Waals surface area contributed by atoms with E-state index in [2.05, 4.69) is 132 Å². The smallest absolute Gasteiger partial charge is 0.333 e. The minimum atomic E-state index is 0. The molecule has 0 nitrogen and oxygen atoms in total. The minimum absolute atomic E-state index is 0. The maximum atomic E-state index is 4.04. The summed E-state index contributed by atoms with van der Waals surface area (Å²) in [4.78, 5) is 0. The molecule has 0 fully saturated rings. The van der Waals surface area contributed by atoms with Gasteiger partial charge in [-0.25, -0.2) is 0 Å². The third-order valence-corrected chi connectivity index (χ3v) is 6.22. The standard InChI is InChI=1S/4C10H13.2Mn/c4*1-10(2,3)9-7-5-4-6-8-9;;/h4*4-8H,1H2,2-3H3;;/q4*-1;2*+2. The van der Waals surface area contributed by atoms with Crippen LogP contribution in [0.4, 0.5) is 0 Å². The molecule has 0 saturated carbocycles. The summed E-state index contributed by atoms with van der Waals surface area (Å²) in [5.74, 6) is 0. The zero-order valence-electron chi connectivity index (χ0n) is 27.1. The molecule has 0 saturated heterocycles. The quantitative estimate of drug-likeness (QED) is 0.154. The van der Waals surface area contributed by atoms with Gasteiger partial charge in [-0.05, 0) is 0 Å². The molecule has 0 spiro atoms. The van der Waals surface area contributed by atoms with Gasteiger partial charge in [-0.3, -0.25) is 0 Å². The Balaban J connectivity index is 0. The van der Waals surface area contributed by atoms with E-state index in [0.717, 1.165) is 0 Å². The molecule has 4 aromatic rings. The van der Waals surface area contributed by atoms with Crippen LogP contribution in [0.25, 0.3) is 0 Å². The summed E-state index contributed by atoms with van der Waals surface area (Å²) >= 11 is 0. The summed E-state index contributed by atoms with van der Waals surface area (Å²) < 4.78 is 0. The minimum Gasteiger partial charge on any atom is -0.333 e. The first-order valence-corrected chi connectivity index (χ1v) is 14.1. The van der Waals surface area contributed by atoms with E-state index in [4.69, 9.17) is 0 Å². The first-order valence-electron chi connectivity index (χ1n) is 14.1. The summed E-state index contributed by atoms with van der Waals surface area (Å²) in [5, 5.41) is 0. The molecule has 4 rings (SSSR count). The Morgan fingerprint density at radius 3 is 0.476 bits per heavy atom. The van der Waals surface area contributed by atoms with Gasteiger partial charge < -0.3 is 27.7 Å². The van der Waals surface area contributed by atoms with Crippen LogP contribution >= 0.6 is 0 Å². The molecule has 4 aromatic carbocycles. The molecule has 2 radical (unpaired) electrons. The molecule has 2 heteroatoms. The van der Waals surface area contributed by atoms with Crippen molar-refractivity contribution in [1.29, 1.82) is 0 Å². The van der Waals surface area contributed by atoms with Crippen molar-refractivity contribution in [2.24, 2.45) is 0 Å². The molecule has 0 atom stereocenters. The largest absolute Gasteiger partial charge is 2.00 e. The Morgan fingerprint density at radius 2 is 0.405 bits per heavy atom. The predicted octanol–water partition coefficient (Wildman–Crippen LogP) is 11.2. The topological polar surface area (TPSA) is 0 Å². The molecule has 0 N–H and O–H groups in total. The summed E-state index contributed by atoms with van der Waals surface area (Å²) in [6.45, 7) is 33.1. The second-order valence-electron chi connectivity index (χ2n) is 13.0. The summed E-state index contributed by atoms with van der Waals surface area (Å²) in [5.41, 5.74) is 5.32. The average Bonchev–Trinajstić information content (AvgIpc) is 2.90. The van der Waals surface area contributed by atoms with Gasteiger partial charge >= 0.3 is 34.1 Å².